The molecule has 1 aliphatic heterocycles. The number of nitrogens with one attached hydrogen (secondary N) is 1. The third-order valence-corrected chi connectivity index (χ3v) is 3.59. The summed E-state index contributed by atoms with van der Waals surface area (Å²) in [6.45, 7) is 2.97. The molecule has 1 fully saturated rings. The van der Waals surface area contributed by atoms with E-state index in [0.29, 0.717) is 18.7 Å². The molecule has 0 aliphatic carbocycles. The number of likely N-dealkylation sites (tertiary alicyclic amines) is 1. The second-order valence-electron chi connectivity index (χ2n) is 5.41. The van der Waals surface area contributed by atoms with Gasteiger partial charge in [0.25, 0.3) is 0 Å². The third-order valence-electron chi connectivity index (χ3n) is 3.59. The summed E-state index contributed by atoms with van der Waals surface area (Å²) < 4.78 is 12.8. The van der Waals surface area contributed by atoms with Gasteiger partial charge in [0.1, 0.15) is 5.82 Å². The molecule has 1 heterocycles. The fourth-order valence-electron chi connectivity index (χ4n) is 2.68. The highest BCUT2D eigenvalue weighted by molar-refractivity contribution is 5.92. The van der Waals surface area contributed by atoms with Crippen molar-refractivity contribution in [3.05, 3.63) is 30.1 Å². The number of carbonyl (C=O) groups excluding carboxylic acids is 1. The normalized spacial score (nSPS) is 20.9. The number of hydrogen-bond acceptors (Lipinski definition) is 3. The van der Waals surface area contributed by atoms with E-state index in [4.69, 9.17) is 0 Å². The summed E-state index contributed by atoms with van der Waals surface area (Å²) in [6, 6.07) is 6.01. The minimum Gasteiger partial charge on any atom is -0.393 e. The predicted molar refractivity (Wildman–Crippen MR) is 75.9 cm³/mol. The van der Waals surface area contributed by atoms with Crippen molar-refractivity contribution in [2.75, 3.05) is 18.4 Å². The zero-order valence-electron chi connectivity index (χ0n) is 11.7. The number of aliphatic hydroxyl groups excluding tert-OH is 1. The Hall–Kier alpha value is -1.46. The van der Waals surface area contributed by atoms with Gasteiger partial charge in [-0.2, -0.15) is 0 Å². The first-order chi connectivity index (χ1) is 9.54. The summed E-state index contributed by atoms with van der Waals surface area (Å²) in [4.78, 5) is 14.1. The molecule has 0 bridgehead atoms. The van der Waals surface area contributed by atoms with Gasteiger partial charge in [-0.15, -0.1) is 0 Å². The highest BCUT2D eigenvalue weighted by atomic mass is 19.1. The molecule has 1 aliphatic rings. The van der Waals surface area contributed by atoms with Gasteiger partial charge in [-0.1, -0.05) is 0 Å². The van der Waals surface area contributed by atoms with Crippen LogP contribution in [0.15, 0.2) is 24.3 Å². The van der Waals surface area contributed by atoms with Gasteiger partial charge in [-0.05, 0) is 57.0 Å². The van der Waals surface area contributed by atoms with E-state index in [9.17, 15) is 14.3 Å². The number of amides is 1. The minimum absolute atomic E-state index is 0.103. The molecule has 1 saturated heterocycles. The van der Waals surface area contributed by atoms with Crippen LogP contribution < -0.4 is 5.32 Å². The molecular formula is C15H21FN2O2. The molecule has 1 aromatic rings. The average molecular weight is 280 g/mol. The first-order valence-corrected chi connectivity index (χ1v) is 7.02. The van der Waals surface area contributed by atoms with Gasteiger partial charge in [0, 0.05) is 11.7 Å². The summed E-state index contributed by atoms with van der Waals surface area (Å²) in [5.74, 6) is -0.423. The van der Waals surface area contributed by atoms with Gasteiger partial charge < -0.3 is 10.4 Å². The number of halogens is 1. The maximum absolute atomic E-state index is 12.8. The van der Waals surface area contributed by atoms with Crippen LogP contribution in [0, 0.1) is 5.82 Å². The van der Waals surface area contributed by atoms with Crippen molar-refractivity contribution in [2.24, 2.45) is 0 Å². The van der Waals surface area contributed by atoms with E-state index in [1.165, 1.54) is 12.1 Å². The summed E-state index contributed by atoms with van der Waals surface area (Å²) >= 11 is 0. The highest BCUT2D eigenvalue weighted by Gasteiger charge is 2.27. The van der Waals surface area contributed by atoms with Gasteiger partial charge >= 0.3 is 0 Å². The van der Waals surface area contributed by atoms with Crippen LogP contribution in [0.25, 0.3) is 0 Å². The number of anilines is 1. The van der Waals surface area contributed by atoms with Crippen LogP contribution in [0.1, 0.15) is 26.2 Å². The SMILES string of the molecule is CC(O)CC1CCCN1CC(=O)Nc1ccc(F)cc1. The van der Waals surface area contributed by atoms with E-state index in [-0.39, 0.29) is 23.9 Å². The molecule has 2 unspecified atom stereocenters. The number of rotatable bonds is 5. The molecule has 5 heteroatoms. The topological polar surface area (TPSA) is 52.6 Å². The molecule has 0 saturated carbocycles. The molecule has 4 nitrogen and oxygen atoms in total. The Kier molecular flexibility index (Phi) is 5.09. The molecule has 2 rings (SSSR count). The molecule has 0 radical (unpaired) electrons. The van der Waals surface area contributed by atoms with Crippen LogP contribution >= 0.6 is 0 Å². The fourth-order valence-corrected chi connectivity index (χ4v) is 2.68. The second kappa shape index (κ2) is 6.81. The monoisotopic (exact) mass is 280 g/mol. The van der Waals surface area contributed by atoms with E-state index in [0.717, 1.165) is 19.4 Å². The Labute approximate surface area is 118 Å². The standard InChI is InChI=1S/C15H21FN2O2/c1-11(19)9-14-3-2-8-18(14)10-15(20)17-13-6-4-12(16)5-7-13/h4-7,11,14,19H,2-3,8-10H2,1H3,(H,17,20). The molecule has 110 valence electrons. The van der Waals surface area contributed by atoms with Crippen LogP contribution in [0.3, 0.4) is 0 Å². The van der Waals surface area contributed by atoms with Crippen LogP contribution in [0.5, 0.6) is 0 Å². The highest BCUT2D eigenvalue weighted by Crippen LogP contribution is 2.21. The van der Waals surface area contributed by atoms with Gasteiger partial charge in [0.15, 0.2) is 0 Å². The number of hydrogen-bond donors (Lipinski definition) is 2. The summed E-state index contributed by atoms with van der Waals surface area (Å²) in [5, 5.41) is 12.2. The molecule has 1 amide bonds. The van der Waals surface area contributed by atoms with Crippen molar-refractivity contribution < 1.29 is 14.3 Å². The fraction of sp³-hybridized carbons (Fsp3) is 0.533. The Morgan fingerprint density at radius 1 is 1.50 bits per heavy atom. The Balaban J connectivity index is 1.86. The average Bonchev–Trinajstić information content (AvgIpc) is 2.78. The van der Waals surface area contributed by atoms with Crippen LogP contribution in [-0.4, -0.2) is 41.1 Å². The largest absolute Gasteiger partial charge is 0.393 e. The molecule has 0 aromatic heterocycles. The van der Waals surface area contributed by atoms with Crippen LogP contribution in [0.2, 0.25) is 0 Å². The first kappa shape index (κ1) is 14.9. The van der Waals surface area contributed by atoms with Crippen molar-refractivity contribution in [1.29, 1.82) is 0 Å². The first-order valence-electron chi connectivity index (χ1n) is 7.02. The maximum atomic E-state index is 12.8. The second-order valence-corrected chi connectivity index (χ2v) is 5.41. The lowest BCUT2D eigenvalue weighted by Gasteiger charge is -2.24. The molecule has 1 aromatic carbocycles. The lowest BCUT2D eigenvalue weighted by atomic mass is 10.1. The van der Waals surface area contributed by atoms with Crippen molar-refractivity contribution in [3.8, 4) is 0 Å². The Morgan fingerprint density at radius 3 is 2.85 bits per heavy atom. The van der Waals surface area contributed by atoms with Crippen molar-refractivity contribution in [3.63, 3.8) is 0 Å². The van der Waals surface area contributed by atoms with Crippen molar-refractivity contribution in [2.45, 2.75) is 38.3 Å². The molecule has 2 atom stereocenters. The van der Waals surface area contributed by atoms with Gasteiger partial charge in [0.2, 0.25) is 5.91 Å². The van der Waals surface area contributed by atoms with E-state index >= 15 is 0 Å². The van der Waals surface area contributed by atoms with Gasteiger partial charge in [-0.25, -0.2) is 4.39 Å². The Morgan fingerprint density at radius 2 is 2.20 bits per heavy atom. The molecule has 20 heavy (non-hydrogen) atoms. The van der Waals surface area contributed by atoms with Gasteiger partial charge in [-0.3, -0.25) is 9.69 Å². The van der Waals surface area contributed by atoms with E-state index in [1.54, 1.807) is 19.1 Å². The van der Waals surface area contributed by atoms with Crippen molar-refractivity contribution in [1.82, 2.24) is 4.90 Å². The van der Waals surface area contributed by atoms with E-state index < -0.39 is 0 Å². The smallest absolute Gasteiger partial charge is 0.238 e. The quantitative estimate of drug-likeness (QED) is 0.867. The minimum atomic E-state index is -0.347. The number of benzene rings is 1. The Bertz CT molecular complexity index is 448. The van der Waals surface area contributed by atoms with Crippen LogP contribution in [-0.2, 0) is 4.79 Å². The molecule has 2 N–H and O–H groups in total. The number of aliphatic hydroxyl groups is 1. The van der Waals surface area contributed by atoms with Crippen LogP contribution in [0.4, 0.5) is 10.1 Å². The molecular weight excluding hydrogens is 259 g/mol. The van der Waals surface area contributed by atoms with Crippen molar-refractivity contribution >= 4 is 11.6 Å². The summed E-state index contributed by atoms with van der Waals surface area (Å²) in [6.07, 6.45) is 2.43. The zero-order valence-corrected chi connectivity index (χ0v) is 11.7. The zero-order chi connectivity index (χ0) is 14.5. The van der Waals surface area contributed by atoms with E-state index in [1.807, 2.05) is 0 Å². The predicted octanol–water partition coefficient (Wildman–Crippen LogP) is 2.00. The lowest BCUT2D eigenvalue weighted by molar-refractivity contribution is -0.117. The number of carbonyl (C=O) groups is 1. The maximum Gasteiger partial charge on any atom is 0.238 e. The van der Waals surface area contributed by atoms with Gasteiger partial charge in [0.05, 0.1) is 12.6 Å². The summed E-state index contributed by atoms with van der Waals surface area (Å²) in [5.41, 5.74) is 0.600. The third kappa shape index (κ3) is 4.28. The number of nitrogens with zero attached hydrogens (tertiary/aromatic N) is 1. The summed E-state index contributed by atoms with van der Waals surface area (Å²) in [7, 11) is 0. The molecule has 0 spiro atoms. The lowest BCUT2D eigenvalue weighted by Crippen LogP contribution is -2.38. The van der Waals surface area contributed by atoms with E-state index in [2.05, 4.69) is 10.2 Å².